The molecule has 3 rings (SSSR count). The van der Waals surface area contributed by atoms with E-state index in [4.69, 9.17) is 0 Å². The third-order valence-corrected chi connectivity index (χ3v) is 3.40. The fraction of sp³-hybridized carbons (Fsp3) is 0.0556. The molecule has 0 radical (unpaired) electrons. The topological polar surface area (TPSA) is 54.5 Å². The number of benzene rings is 2. The van der Waals surface area contributed by atoms with Crippen LogP contribution in [-0.4, -0.2) is 15.0 Å². The standard InChI is InChI=1S/C18H13FN4/c1-13-6-8-14(9-7-13)10-11-18-16(12-20)21-22-23(18)17-5-3-2-4-15(17)19/h2-11H,1H3/b11-10+. The molecule has 0 atom stereocenters. The van der Waals surface area contributed by atoms with Crippen molar-refractivity contribution >= 4 is 12.2 Å². The van der Waals surface area contributed by atoms with Crippen molar-refractivity contribution < 1.29 is 4.39 Å². The highest BCUT2D eigenvalue weighted by Crippen LogP contribution is 2.18. The van der Waals surface area contributed by atoms with E-state index in [1.807, 2.05) is 43.3 Å². The molecule has 23 heavy (non-hydrogen) atoms. The van der Waals surface area contributed by atoms with Crippen molar-refractivity contribution in [1.82, 2.24) is 15.0 Å². The first-order chi connectivity index (χ1) is 11.2. The van der Waals surface area contributed by atoms with Crippen LogP contribution in [0.4, 0.5) is 4.39 Å². The van der Waals surface area contributed by atoms with Crippen LogP contribution in [0.25, 0.3) is 17.8 Å². The van der Waals surface area contributed by atoms with Gasteiger partial charge in [0.1, 0.15) is 23.3 Å². The Balaban J connectivity index is 2.05. The normalized spacial score (nSPS) is 10.8. The molecule has 0 aliphatic heterocycles. The van der Waals surface area contributed by atoms with Crippen molar-refractivity contribution in [3.63, 3.8) is 0 Å². The van der Waals surface area contributed by atoms with Crippen LogP contribution in [0.3, 0.4) is 0 Å². The van der Waals surface area contributed by atoms with Gasteiger partial charge in [0.15, 0.2) is 5.69 Å². The first-order valence-corrected chi connectivity index (χ1v) is 7.04. The Morgan fingerprint density at radius 2 is 1.83 bits per heavy atom. The lowest BCUT2D eigenvalue weighted by Crippen LogP contribution is -2.02. The summed E-state index contributed by atoms with van der Waals surface area (Å²) in [6, 6.07) is 16.2. The van der Waals surface area contributed by atoms with Crippen LogP contribution >= 0.6 is 0 Å². The molecule has 0 saturated carbocycles. The number of halogens is 1. The minimum Gasteiger partial charge on any atom is -0.209 e. The zero-order valence-electron chi connectivity index (χ0n) is 12.4. The number of aryl methyl sites for hydroxylation is 1. The van der Waals surface area contributed by atoms with Crippen molar-refractivity contribution in [2.75, 3.05) is 0 Å². The number of rotatable bonds is 3. The fourth-order valence-electron chi connectivity index (χ4n) is 2.17. The molecule has 112 valence electrons. The van der Waals surface area contributed by atoms with Gasteiger partial charge in [0.25, 0.3) is 0 Å². The molecule has 0 saturated heterocycles. The molecule has 5 heteroatoms. The second kappa shape index (κ2) is 6.24. The molecule has 0 N–H and O–H groups in total. The zero-order chi connectivity index (χ0) is 16.2. The maximum atomic E-state index is 14.0. The first kappa shape index (κ1) is 14.7. The molecule has 1 heterocycles. The van der Waals surface area contributed by atoms with Crippen molar-refractivity contribution in [3.8, 4) is 11.8 Å². The van der Waals surface area contributed by atoms with Gasteiger partial charge in [-0.1, -0.05) is 53.3 Å². The van der Waals surface area contributed by atoms with Gasteiger partial charge >= 0.3 is 0 Å². The third-order valence-electron chi connectivity index (χ3n) is 3.40. The molecular formula is C18H13FN4. The molecule has 0 unspecified atom stereocenters. The molecule has 0 amide bonds. The van der Waals surface area contributed by atoms with Crippen LogP contribution in [0.1, 0.15) is 22.5 Å². The van der Waals surface area contributed by atoms with E-state index in [0.717, 1.165) is 11.1 Å². The smallest absolute Gasteiger partial charge is 0.190 e. The average Bonchev–Trinajstić information content (AvgIpc) is 2.97. The van der Waals surface area contributed by atoms with Gasteiger partial charge < -0.3 is 0 Å². The van der Waals surface area contributed by atoms with Gasteiger partial charge in [-0.15, -0.1) is 5.10 Å². The average molecular weight is 304 g/mol. The summed E-state index contributed by atoms with van der Waals surface area (Å²) in [5.74, 6) is -0.424. The molecule has 2 aromatic carbocycles. The number of hydrogen-bond donors (Lipinski definition) is 0. The van der Waals surface area contributed by atoms with Crippen molar-refractivity contribution in [2.24, 2.45) is 0 Å². The van der Waals surface area contributed by atoms with Gasteiger partial charge in [0.2, 0.25) is 0 Å². The molecule has 0 aliphatic rings. The SMILES string of the molecule is Cc1ccc(/C=C/c2c(C#N)nnn2-c2ccccc2F)cc1. The Morgan fingerprint density at radius 1 is 1.09 bits per heavy atom. The predicted molar refractivity (Wildman–Crippen MR) is 86.1 cm³/mol. The molecular weight excluding hydrogens is 291 g/mol. The Hall–Kier alpha value is -3.26. The summed E-state index contributed by atoms with van der Waals surface area (Å²) in [6.45, 7) is 2.01. The van der Waals surface area contributed by atoms with Crippen LogP contribution in [-0.2, 0) is 0 Å². The van der Waals surface area contributed by atoms with Crippen molar-refractivity contribution in [3.05, 3.63) is 76.9 Å². The largest absolute Gasteiger partial charge is 0.209 e. The Morgan fingerprint density at radius 3 is 2.52 bits per heavy atom. The summed E-state index contributed by atoms with van der Waals surface area (Å²) < 4.78 is 15.3. The van der Waals surface area contributed by atoms with E-state index in [1.165, 1.54) is 10.7 Å². The lowest BCUT2D eigenvalue weighted by Gasteiger charge is -2.04. The monoisotopic (exact) mass is 304 g/mol. The van der Waals surface area contributed by atoms with Crippen molar-refractivity contribution in [2.45, 2.75) is 6.92 Å². The number of nitriles is 1. The minimum atomic E-state index is -0.424. The van der Waals surface area contributed by atoms with Crippen LogP contribution in [0, 0.1) is 24.1 Å². The number of para-hydroxylation sites is 1. The highest BCUT2D eigenvalue weighted by Gasteiger charge is 2.14. The summed E-state index contributed by atoms with van der Waals surface area (Å²) in [7, 11) is 0. The number of aromatic nitrogens is 3. The van der Waals surface area contributed by atoms with Crippen molar-refractivity contribution in [1.29, 1.82) is 5.26 Å². The van der Waals surface area contributed by atoms with E-state index in [9.17, 15) is 9.65 Å². The van der Waals surface area contributed by atoms with E-state index < -0.39 is 5.82 Å². The quantitative estimate of drug-likeness (QED) is 0.740. The zero-order valence-corrected chi connectivity index (χ0v) is 12.4. The summed E-state index contributed by atoms with van der Waals surface area (Å²) in [5.41, 5.74) is 2.98. The minimum absolute atomic E-state index is 0.150. The predicted octanol–water partition coefficient (Wildman–Crippen LogP) is 3.76. The fourth-order valence-corrected chi connectivity index (χ4v) is 2.17. The maximum absolute atomic E-state index is 14.0. The van der Waals surface area contributed by atoms with Gasteiger partial charge in [-0.3, -0.25) is 0 Å². The van der Waals surface area contributed by atoms with Gasteiger partial charge in [-0.2, -0.15) is 5.26 Å². The summed E-state index contributed by atoms with van der Waals surface area (Å²) in [4.78, 5) is 0. The van der Waals surface area contributed by atoms with E-state index >= 15 is 0 Å². The molecule has 4 nitrogen and oxygen atoms in total. The first-order valence-electron chi connectivity index (χ1n) is 7.04. The summed E-state index contributed by atoms with van der Waals surface area (Å²) >= 11 is 0. The van der Waals surface area contributed by atoms with Crippen LogP contribution < -0.4 is 0 Å². The lowest BCUT2D eigenvalue weighted by molar-refractivity contribution is 0.606. The highest BCUT2D eigenvalue weighted by atomic mass is 19.1. The summed E-state index contributed by atoms with van der Waals surface area (Å²) in [6.07, 6.45) is 3.56. The number of hydrogen-bond acceptors (Lipinski definition) is 3. The Labute approximate surface area is 133 Å². The number of nitrogens with zero attached hydrogens (tertiary/aromatic N) is 4. The van der Waals surface area contributed by atoms with Gasteiger partial charge in [0.05, 0.1) is 0 Å². The van der Waals surface area contributed by atoms with Crippen LogP contribution in [0.5, 0.6) is 0 Å². The van der Waals surface area contributed by atoms with Gasteiger partial charge in [-0.05, 0) is 30.7 Å². The second-order valence-corrected chi connectivity index (χ2v) is 5.04. The highest BCUT2D eigenvalue weighted by molar-refractivity contribution is 5.71. The Kier molecular flexibility index (Phi) is 3.98. The maximum Gasteiger partial charge on any atom is 0.190 e. The molecule has 0 bridgehead atoms. The van der Waals surface area contributed by atoms with E-state index in [1.54, 1.807) is 24.3 Å². The molecule has 0 fully saturated rings. The van der Waals surface area contributed by atoms with E-state index in [0.29, 0.717) is 5.69 Å². The van der Waals surface area contributed by atoms with Gasteiger partial charge in [0, 0.05) is 0 Å². The van der Waals surface area contributed by atoms with E-state index in [2.05, 4.69) is 10.3 Å². The third kappa shape index (κ3) is 3.01. The van der Waals surface area contributed by atoms with Gasteiger partial charge in [-0.25, -0.2) is 9.07 Å². The van der Waals surface area contributed by atoms with E-state index in [-0.39, 0.29) is 11.4 Å². The molecule has 1 aromatic heterocycles. The van der Waals surface area contributed by atoms with Crippen LogP contribution in [0.2, 0.25) is 0 Å². The second-order valence-electron chi connectivity index (χ2n) is 5.04. The Bertz CT molecular complexity index is 902. The summed E-state index contributed by atoms with van der Waals surface area (Å²) in [5, 5.41) is 16.9. The lowest BCUT2D eigenvalue weighted by atomic mass is 10.1. The molecule has 0 spiro atoms. The molecule has 0 aliphatic carbocycles. The molecule has 3 aromatic rings. The van der Waals surface area contributed by atoms with Crippen LogP contribution in [0.15, 0.2) is 48.5 Å².